The summed E-state index contributed by atoms with van der Waals surface area (Å²) in [6.07, 6.45) is 0.740. The molecule has 2 amide bonds. The molecule has 0 aliphatic rings. The van der Waals surface area contributed by atoms with Gasteiger partial charge in [-0.2, -0.15) is 0 Å². The predicted octanol–water partition coefficient (Wildman–Crippen LogP) is 4.75. The first kappa shape index (κ1) is 21.1. The normalized spacial score (nSPS) is 12.8. The average Bonchev–Trinajstić information content (AvgIpc) is 3.20. The first-order chi connectivity index (χ1) is 14.0. The van der Waals surface area contributed by atoms with E-state index in [0.717, 1.165) is 21.5 Å². The number of anilines is 1. The third kappa shape index (κ3) is 5.48. The Kier molecular flexibility index (Phi) is 7.11. The lowest BCUT2D eigenvalue weighted by atomic mass is 9.98. The molecule has 0 aliphatic carbocycles. The lowest BCUT2D eigenvalue weighted by molar-refractivity contribution is -0.119. The van der Waals surface area contributed by atoms with Gasteiger partial charge in [0.05, 0.1) is 0 Å². The topological polar surface area (TPSA) is 84.0 Å². The molecule has 150 valence electrons. The highest BCUT2D eigenvalue weighted by atomic mass is 79.9. The molecule has 2 aromatic carbocycles. The minimum Gasteiger partial charge on any atom is -0.340 e. The van der Waals surface area contributed by atoms with Gasteiger partial charge in [0.15, 0.2) is 0 Å². The molecular weight excluding hydrogens is 452 g/mol. The number of nitrogens with one attached hydrogen (secondary N) is 2. The van der Waals surface area contributed by atoms with E-state index in [9.17, 15) is 9.59 Å². The molecule has 0 radical (unpaired) electrons. The number of nitrogens with zero attached hydrogens (tertiary/aromatic N) is 2. The van der Waals surface area contributed by atoms with Crippen LogP contribution in [0.25, 0.3) is 10.6 Å². The molecule has 1 aromatic heterocycles. The van der Waals surface area contributed by atoms with Crippen LogP contribution in [0.4, 0.5) is 5.13 Å². The molecule has 8 heteroatoms. The van der Waals surface area contributed by atoms with Crippen molar-refractivity contribution in [1.29, 1.82) is 0 Å². The molecule has 3 rings (SSSR count). The summed E-state index contributed by atoms with van der Waals surface area (Å²) < 4.78 is 0.885. The summed E-state index contributed by atoms with van der Waals surface area (Å²) in [4.78, 5) is 25.5. The first-order valence-corrected chi connectivity index (χ1v) is 10.8. The zero-order valence-electron chi connectivity index (χ0n) is 16.1. The van der Waals surface area contributed by atoms with E-state index >= 15 is 0 Å². The van der Waals surface area contributed by atoms with Crippen LogP contribution in [0.2, 0.25) is 0 Å². The highest BCUT2D eigenvalue weighted by molar-refractivity contribution is 9.10. The number of hydrogen-bond donors (Lipinski definition) is 2. The maximum absolute atomic E-state index is 12.9. The molecule has 6 nitrogen and oxygen atoms in total. The standard InChI is InChI=1S/C21H21BrN4O2S/c1-3-13(2)17(23-18(27)14-9-11-16(22)12-10-14)19(28)24-21-26-25-20(29-21)15-7-5-4-6-8-15/h4-13,17H,3H2,1-2H3,(H,23,27)(H,24,26,28)/t13-,17+/m0/s1. The number of carbonyl (C=O) groups excluding carboxylic acids is 2. The van der Waals surface area contributed by atoms with Crippen LogP contribution in [-0.4, -0.2) is 28.1 Å². The Hall–Kier alpha value is -2.58. The van der Waals surface area contributed by atoms with Gasteiger partial charge in [-0.15, -0.1) is 10.2 Å². The number of halogens is 1. The van der Waals surface area contributed by atoms with Gasteiger partial charge < -0.3 is 5.32 Å². The van der Waals surface area contributed by atoms with Gasteiger partial charge in [-0.25, -0.2) is 0 Å². The quantitative estimate of drug-likeness (QED) is 0.519. The molecular formula is C21H21BrN4O2S. The summed E-state index contributed by atoms with van der Waals surface area (Å²) in [6.45, 7) is 3.91. The molecule has 0 bridgehead atoms. The van der Waals surface area contributed by atoms with E-state index in [1.165, 1.54) is 11.3 Å². The number of hydrogen-bond acceptors (Lipinski definition) is 5. The zero-order chi connectivity index (χ0) is 20.8. The third-order valence-electron chi connectivity index (χ3n) is 4.56. The Morgan fingerprint density at radius 3 is 2.41 bits per heavy atom. The molecule has 2 atom stereocenters. The minimum absolute atomic E-state index is 0.0455. The molecule has 2 N–H and O–H groups in total. The van der Waals surface area contributed by atoms with Crippen LogP contribution >= 0.6 is 27.3 Å². The third-order valence-corrected chi connectivity index (χ3v) is 5.98. The van der Waals surface area contributed by atoms with Gasteiger partial charge in [-0.1, -0.05) is 77.9 Å². The van der Waals surface area contributed by atoms with Crippen molar-refractivity contribution in [2.45, 2.75) is 26.3 Å². The fourth-order valence-corrected chi connectivity index (χ4v) is 3.70. The number of carbonyl (C=O) groups is 2. The number of amides is 2. The van der Waals surface area contributed by atoms with Crippen LogP contribution in [-0.2, 0) is 4.79 Å². The van der Waals surface area contributed by atoms with Crippen LogP contribution < -0.4 is 10.6 Å². The Morgan fingerprint density at radius 1 is 1.07 bits per heavy atom. The van der Waals surface area contributed by atoms with Crippen LogP contribution in [0.15, 0.2) is 59.1 Å². The molecule has 29 heavy (non-hydrogen) atoms. The number of aromatic nitrogens is 2. The monoisotopic (exact) mass is 472 g/mol. The van der Waals surface area contributed by atoms with Gasteiger partial charge in [0.1, 0.15) is 11.0 Å². The van der Waals surface area contributed by atoms with Crippen molar-refractivity contribution in [3.8, 4) is 10.6 Å². The summed E-state index contributed by atoms with van der Waals surface area (Å²) >= 11 is 4.65. The summed E-state index contributed by atoms with van der Waals surface area (Å²) in [6, 6.07) is 16.0. The average molecular weight is 473 g/mol. The smallest absolute Gasteiger partial charge is 0.251 e. The van der Waals surface area contributed by atoms with Crippen LogP contribution in [0.1, 0.15) is 30.6 Å². The van der Waals surface area contributed by atoms with E-state index in [2.05, 4.69) is 36.8 Å². The SMILES string of the molecule is CC[C@H](C)[C@@H](NC(=O)c1ccc(Br)cc1)C(=O)Nc1nnc(-c2ccccc2)s1. The van der Waals surface area contributed by atoms with Gasteiger partial charge >= 0.3 is 0 Å². The van der Waals surface area contributed by atoms with Crippen LogP contribution in [0.3, 0.4) is 0 Å². The van der Waals surface area contributed by atoms with Gasteiger partial charge in [0.2, 0.25) is 11.0 Å². The van der Waals surface area contributed by atoms with Crippen molar-refractivity contribution in [3.63, 3.8) is 0 Å². The summed E-state index contributed by atoms with van der Waals surface area (Å²) in [5.41, 5.74) is 1.43. The lowest BCUT2D eigenvalue weighted by Crippen LogP contribution is -2.47. The molecule has 0 saturated carbocycles. The van der Waals surface area contributed by atoms with Crippen molar-refractivity contribution in [1.82, 2.24) is 15.5 Å². The summed E-state index contributed by atoms with van der Waals surface area (Å²) in [5, 5.41) is 15.0. The maximum Gasteiger partial charge on any atom is 0.251 e. The van der Waals surface area contributed by atoms with Crippen molar-refractivity contribution in [2.75, 3.05) is 5.32 Å². The van der Waals surface area contributed by atoms with E-state index < -0.39 is 6.04 Å². The summed E-state index contributed by atoms with van der Waals surface area (Å²) in [5.74, 6) is -0.642. The Morgan fingerprint density at radius 2 is 1.76 bits per heavy atom. The van der Waals surface area contributed by atoms with E-state index in [4.69, 9.17) is 0 Å². The van der Waals surface area contributed by atoms with Crippen molar-refractivity contribution < 1.29 is 9.59 Å². The van der Waals surface area contributed by atoms with E-state index in [1.54, 1.807) is 24.3 Å². The van der Waals surface area contributed by atoms with Gasteiger partial charge in [0.25, 0.3) is 5.91 Å². The maximum atomic E-state index is 12.9. The molecule has 3 aromatic rings. The molecule has 0 saturated heterocycles. The fraction of sp³-hybridized carbons (Fsp3) is 0.238. The van der Waals surface area contributed by atoms with Crippen molar-refractivity contribution in [3.05, 3.63) is 64.6 Å². The largest absolute Gasteiger partial charge is 0.340 e. The molecule has 0 aliphatic heterocycles. The Balaban J connectivity index is 1.72. The lowest BCUT2D eigenvalue weighted by Gasteiger charge is -2.23. The Bertz CT molecular complexity index is 976. The second kappa shape index (κ2) is 9.76. The molecule has 0 spiro atoms. The van der Waals surface area contributed by atoms with Crippen molar-refractivity contribution >= 4 is 44.2 Å². The van der Waals surface area contributed by atoms with E-state index in [1.807, 2.05) is 44.2 Å². The van der Waals surface area contributed by atoms with Crippen LogP contribution in [0, 0.1) is 5.92 Å². The molecule has 0 unspecified atom stereocenters. The van der Waals surface area contributed by atoms with Crippen molar-refractivity contribution in [2.24, 2.45) is 5.92 Å². The predicted molar refractivity (Wildman–Crippen MR) is 119 cm³/mol. The second-order valence-electron chi connectivity index (χ2n) is 6.61. The number of rotatable bonds is 7. The second-order valence-corrected chi connectivity index (χ2v) is 8.50. The number of benzene rings is 2. The fourth-order valence-electron chi connectivity index (χ4n) is 2.68. The highest BCUT2D eigenvalue weighted by Crippen LogP contribution is 2.26. The van der Waals surface area contributed by atoms with Gasteiger partial charge in [-0.3, -0.25) is 14.9 Å². The highest BCUT2D eigenvalue weighted by Gasteiger charge is 2.27. The Labute approximate surface area is 181 Å². The molecule has 0 fully saturated rings. The van der Waals surface area contributed by atoms with E-state index in [-0.39, 0.29) is 17.7 Å². The minimum atomic E-state index is -0.680. The van der Waals surface area contributed by atoms with E-state index in [0.29, 0.717) is 10.7 Å². The first-order valence-electron chi connectivity index (χ1n) is 9.24. The van der Waals surface area contributed by atoms with Crippen LogP contribution in [0.5, 0.6) is 0 Å². The van der Waals surface area contributed by atoms with Gasteiger partial charge in [0, 0.05) is 15.6 Å². The summed E-state index contributed by atoms with van der Waals surface area (Å²) in [7, 11) is 0. The molecule has 1 heterocycles. The van der Waals surface area contributed by atoms with Gasteiger partial charge in [-0.05, 0) is 30.2 Å². The zero-order valence-corrected chi connectivity index (χ0v) is 18.5.